The van der Waals surface area contributed by atoms with E-state index in [1.807, 2.05) is 48.5 Å². The molecule has 0 unspecified atom stereocenters. The van der Waals surface area contributed by atoms with Gasteiger partial charge in [-0.05, 0) is 43.5 Å². The van der Waals surface area contributed by atoms with Crippen molar-refractivity contribution in [2.45, 2.75) is 19.8 Å². The smallest absolute Gasteiger partial charge is 0.409 e. The van der Waals surface area contributed by atoms with Crippen molar-refractivity contribution in [1.82, 2.24) is 4.90 Å². The number of carbonyl (C=O) groups excluding carboxylic acids is 2. The number of piperidine rings is 1. The van der Waals surface area contributed by atoms with Crippen molar-refractivity contribution in [3.05, 3.63) is 48.5 Å². The molecule has 0 aromatic heterocycles. The number of hydrogen-bond acceptors (Lipinski definition) is 4. The third-order valence-corrected chi connectivity index (χ3v) is 4.90. The molecule has 0 radical (unpaired) electrons. The second-order valence-corrected chi connectivity index (χ2v) is 6.75. The van der Waals surface area contributed by atoms with Crippen LogP contribution in [0.25, 0.3) is 11.1 Å². The number of methoxy groups -OCH3 is 1. The Bertz CT molecular complexity index is 820. The largest absolute Gasteiger partial charge is 0.497 e. The molecule has 1 aliphatic rings. The molecule has 0 spiro atoms. The first-order valence-electron chi connectivity index (χ1n) is 9.58. The number of para-hydroxylation sites is 1. The number of ether oxygens (including phenoxy) is 2. The number of nitrogens with zero attached hydrogens (tertiary/aromatic N) is 1. The highest BCUT2D eigenvalue weighted by Gasteiger charge is 2.29. The van der Waals surface area contributed by atoms with Crippen LogP contribution in [0.5, 0.6) is 5.75 Å². The standard InChI is InChI=1S/C22H26N2O4/c1-3-28-22(26)24-14-6-7-17(15-24)21(25)23-20-9-5-4-8-19(20)16-10-12-18(27-2)13-11-16/h4-5,8-13,17H,3,6-7,14-15H2,1-2H3,(H,23,25)/t17-/m1/s1. The third-order valence-electron chi connectivity index (χ3n) is 4.90. The summed E-state index contributed by atoms with van der Waals surface area (Å²) < 4.78 is 10.3. The monoisotopic (exact) mass is 382 g/mol. The molecule has 2 aromatic rings. The fourth-order valence-electron chi connectivity index (χ4n) is 3.42. The van der Waals surface area contributed by atoms with E-state index >= 15 is 0 Å². The van der Waals surface area contributed by atoms with Crippen molar-refractivity contribution < 1.29 is 19.1 Å². The molecular weight excluding hydrogens is 356 g/mol. The summed E-state index contributed by atoms with van der Waals surface area (Å²) in [5.41, 5.74) is 2.69. The topological polar surface area (TPSA) is 67.9 Å². The summed E-state index contributed by atoms with van der Waals surface area (Å²) in [4.78, 5) is 26.5. The number of hydrogen-bond donors (Lipinski definition) is 1. The number of carbonyl (C=O) groups is 2. The Kier molecular flexibility index (Phi) is 6.53. The summed E-state index contributed by atoms with van der Waals surface area (Å²) in [5.74, 6) is 0.462. The van der Waals surface area contributed by atoms with Crippen molar-refractivity contribution in [3.63, 3.8) is 0 Å². The Morgan fingerprint density at radius 3 is 2.61 bits per heavy atom. The lowest BCUT2D eigenvalue weighted by molar-refractivity contribution is -0.121. The van der Waals surface area contributed by atoms with Crippen LogP contribution in [0, 0.1) is 5.92 Å². The van der Waals surface area contributed by atoms with E-state index < -0.39 is 0 Å². The molecule has 1 atom stereocenters. The van der Waals surface area contributed by atoms with E-state index in [1.165, 1.54) is 0 Å². The van der Waals surface area contributed by atoms with Gasteiger partial charge in [0.15, 0.2) is 0 Å². The van der Waals surface area contributed by atoms with E-state index in [9.17, 15) is 9.59 Å². The maximum Gasteiger partial charge on any atom is 0.409 e. The van der Waals surface area contributed by atoms with E-state index in [1.54, 1.807) is 18.9 Å². The molecular formula is C22H26N2O4. The average molecular weight is 382 g/mol. The molecule has 0 aliphatic carbocycles. The molecule has 148 valence electrons. The van der Waals surface area contributed by atoms with E-state index in [0.717, 1.165) is 35.4 Å². The molecule has 28 heavy (non-hydrogen) atoms. The van der Waals surface area contributed by atoms with Crippen LogP contribution < -0.4 is 10.1 Å². The third kappa shape index (κ3) is 4.63. The molecule has 1 N–H and O–H groups in total. The van der Waals surface area contributed by atoms with Gasteiger partial charge >= 0.3 is 6.09 Å². The Labute approximate surface area is 165 Å². The summed E-state index contributed by atoms with van der Waals surface area (Å²) in [6, 6.07) is 15.4. The predicted octanol–water partition coefficient (Wildman–Crippen LogP) is 4.17. The Morgan fingerprint density at radius 1 is 1.14 bits per heavy atom. The van der Waals surface area contributed by atoms with E-state index in [-0.39, 0.29) is 17.9 Å². The van der Waals surface area contributed by atoms with Crippen LogP contribution >= 0.6 is 0 Å². The fourth-order valence-corrected chi connectivity index (χ4v) is 3.42. The van der Waals surface area contributed by atoms with Gasteiger partial charge in [-0.15, -0.1) is 0 Å². The van der Waals surface area contributed by atoms with Crippen LogP contribution in [-0.4, -0.2) is 43.7 Å². The van der Waals surface area contributed by atoms with E-state index in [4.69, 9.17) is 9.47 Å². The number of amides is 2. The van der Waals surface area contributed by atoms with Gasteiger partial charge in [-0.3, -0.25) is 4.79 Å². The number of rotatable bonds is 5. The van der Waals surface area contributed by atoms with Gasteiger partial charge in [-0.1, -0.05) is 30.3 Å². The van der Waals surface area contributed by atoms with Gasteiger partial charge in [0.05, 0.1) is 19.6 Å². The highest BCUT2D eigenvalue weighted by atomic mass is 16.6. The summed E-state index contributed by atoms with van der Waals surface area (Å²) in [7, 11) is 1.63. The highest BCUT2D eigenvalue weighted by molar-refractivity contribution is 5.97. The second-order valence-electron chi connectivity index (χ2n) is 6.75. The van der Waals surface area contributed by atoms with Crippen molar-refractivity contribution in [1.29, 1.82) is 0 Å². The molecule has 1 heterocycles. The lowest BCUT2D eigenvalue weighted by atomic mass is 9.96. The normalized spacial score (nSPS) is 16.4. The lowest BCUT2D eigenvalue weighted by Gasteiger charge is -2.31. The van der Waals surface area contributed by atoms with Crippen molar-refractivity contribution >= 4 is 17.7 Å². The molecule has 6 heteroatoms. The first-order valence-corrected chi connectivity index (χ1v) is 9.58. The van der Waals surface area contributed by atoms with E-state index in [2.05, 4.69) is 5.32 Å². The minimum atomic E-state index is -0.348. The SMILES string of the molecule is CCOC(=O)N1CCC[C@@H](C(=O)Nc2ccccc2-c2ccc(OC)cc2)C1. The van der Waals surface area contributed by atoms with Gasteiger partial charge in [-0.2, -0.15) is 0 Å². The van der Waals surface area contributed by atoms with Gasteiger partial charge in [0.1, 0.15) is 5.75 Å². The van der Waals surface area contributed by atoms with E-state index in [0.29, 0.717) is 19.7 Å². The van der Waals surface area contributed by atoms with Crippen molar-refractivity contribution in [3.8, 4) is 16.9 Å². The van der Waals surface area contributed by atoms with Crippen LogP contribution in [0.15, 0.2) is 48.5 Å². The summed E-state index contributed by atoms with van der Waals surface area (Å²) in [5, 5.41) is 3.05. The number of nitrogens with one attached hydrogen (secondary N) is 1. The molecule has 0 saturated carbocycles. The lowest BCUT2D eigenvalue weighted by Crippen LogP contribution is -2.44. The minimum Gasteiger partial charge on any atom is -0.497 e. The second kappa shape index (κ2) is 9.26. The molecule has 1 fully saturated rings. The molecule has 2 amide bonds. The zero-order chi connectivity index (χ0) is 19.9. The van der Waals surface area contributed by atoms with Gasteiger partial charge in [-0.25, -0.2) is 4.79 Å². The zero-order valence-corrected chi connectivity index (χ0v) is 16.3. The van der Waals surface area contributed by atoms with Crippen LogP contribution in [0.3, 0.4) is 0 Å². The van der Waals surface area contributed by atoms with Gasteiger partial charge in [0, 0.05) is 24.3 Å². The molecule has 3 rings (SSSR count). The molecule has 1 aliphatic heterocycles. The first kappa shape index (κ1) is 19.7. The van der Waals surface area contributed by atoms with Crippen molar-refractivity contribution in [2.24, 2.45) is 5.92 Å². The quantitative estimate of drug-likeness (QED) is 0.843. The van der Waals surface area contributed by atoms with Crippen LogP contribution in [0.4, 0.5) is 10.5 Å². The average Bonchev–Trinajstić information content (AvgIpc) is 2.74. The van der Waals surface area contributed by atoms with Crippen LogP contribution in [0.2, 0.25) is 0 Å². The van der Waals surface area contributed by atoms with Gasteiger partial charge in [0.25, 0.3) is 0 Å². The zero-order valence-electron chi connectivity index (χ0n) is 16.3. The van der Waals surface area contributed by atoms with Crippen LogP contribution in [-0.2, 0) is 9.53 Å². The minimum absolute atomic E-state index is 0.0741. The van der Waals surface area contributed by atoms with Crippen molar-refractivity contribution in [2.75, 3.05) is 32.1 Å². The molecule has 6 nitrogen and oxygen atoms in total. The highest BCUT2D eigenvalue weighted by Crippen LogP contribution is 2.30. The summed E-state index contributed by atoms with van der Waals surface area (Å²) in [6.07, 6.45) is 1.20. The number of likely N-dealkylation sites (tertiary alicyclic amines) is 1. The molecule has 2 aromatic carbocycles. The summed E-state index contributed by atoms with van der Waals surface area (Å²) in [6.45, 7) is 3.13. The Morgan fingerprint density at radius 2 is 1.89 bits per heavy atom. The maximum atomic E-state index is 12.9. The number of anilines is 1. The molecule has 0 bridgehead atoms. The first-order chi connectivity index (χ1) is 13.6. The van der Waals surface area contributed by atoms with Gasteiger partial charge in [0.2, 0.25) is 5.91 Å². The Balaban J connectivity index is 1.72. The number of benzene rings is 2. The summed E-state index contributed by atoms with van der Waals surface area (Å²) >= 11 is 0. The predicted molar refractivity (Wildman–Crippen MR) is 108 cm³/mol. The van der Waals surface area contributed by atoms with Crippen LogP contribution in [0.1, 0.15) is 19.8 Å². The maximum absolute atomic E-state index is 12.9. The van der Waals surface area contributed by atoms with Gasteiger partial charge < -0.3 is 19.7 Å². The molecule has 1 saturated heterocycles. The Hall–Kier alpha value is -3.02. The fraction of sp³-hybridized carbons (Fsp3) is 0.364.